The summed E-state index contributed by atoms with van der Waals surface area (Å²) in [7, 11) is 0. The minimum atomic E-state index is -2.89. The highest BCUT2D eigenvalue weighted by Crippen LogP contribution is 2.46. The maximum atomic E-state index is 14.7. The van der Waals surface area contributed by atoms with E-state index in [9.17, 15) is 18.4 Å². The van der Waals surface area contributed by atoms with Gasteiger partial charge in [-0.15, -0.1) is 0 Å². The largest absolute Gasteiger partial charge is 0.322 e. The maximum Gasteiger partial charge on any atom is 0.277 e. The number of hydrogen-bond donors (Lipinski definition) is 1. The molecule has 2 heterocycles. The second-order valence-electron chi connectivity index (χ2n) is 9.06. The fourth-order valence-corrected chi connectivity index (χ4v) is 4.65. The fraction of sp³-hybridized carbons (Fsp3) is 0.308. The Morgan fingerprint density at radius 1 is 1.20 bits per heavy atom. The molecule has 3 aromatic rings. The Morgan fingerprint density at radius 2 is 1.94 bits per heavy atom. The minimum absolute atomic E-state index is 0.0484. The van der Waals surface area contributed by atoms with Crippen molar-refractivity contribution in [1.82, 2.24) is 9.78 Å². The molecule has 2 amide bonds. The van der Waals surface area contributed by atoms with Crippen LogP contribution in [0.5, 0.6) is 0 Å². The van der Waals surface area contributed by atoms with Gasteiger partial charge >= 0.3 is 0 Å². The molecule has 1 aliphatic heterocycles. The minimum Gasteiger partial charge on any atom is -0.322 e. The Morgan fingerprint density at radius 3 is 2.60 bits per heavy atom. The molecule has 0 bridgehead atoms. The summed E-state index contributed by atoms with van der Waals surface area (Å²) in [4.78, 5) is 28.0. The van der Waals surface area contributed by atoms with Crippen LogP contribution in [-0.4, -0.2) is 27.6 Å². The van der Waals surface area contributed by atoms with E-state index in [1.54, 1.807) is 18.2 Å². The molecule has 1 aliphatic carbocycles. The van der Waals surface area contributed by atoms with Crippen LogP contribution in [0, 0.1) is 17.2 Å². The summed E-state index contributed by atoms with van der Waals surface area (Å²) in [5.74, 6) is -4.48. The summed E-state index contributed by atoms with van der Waals surface area (Å²) < 4.78 is 30.9. The quantitative estimate of drug-likeness (QED) is 0.565. The van der Waals surface area contributed by atoms with E-state index in [1.165, 1.54) is 46.1 Å². The number of hydrogen-bond acceptors (Lipinski definition) is 4. The fourth-order valence-electron chi connectivity index (χ4n) is 4.65. The number of alkyl halides is 2. The standard InChI is InChI=1S/C26H23F2N5O2/c1-16-15-32-23(22(14-30-32)24(34)31-20-7-2-4-17(12-20)13-29)25(35)33(16)21-10-8-19(9-11-21)26(27,28)18-5-3-6-18/h2,4,7-12,14,16,18H,3,5-6,15H2,1H3,(H,31,34)/t16-/m0/s1. The van der Waals surface area contributed by atoms with Crippen molar-refractivity contribution in [2.24, 2.45) is 5.92 Å². The van der Waals surface area contributed by atoms with Gasteiger partial charge in [0.1, 0.15) is 5.69 Å². The van der Waals surface area contributed by atoms with Crippen molar-refractivity contribution in [3.8, 4) is 6.07 Å². The highest BCUT2D eigenvalue weighted by molar-refractivity contribution is 6.15. The number of carbonyl (C=O) groups is 2. The number of nitrogens with one attached hydrogen (secondary N) is 1. The van der Waals surface area contributed by atoms with Gasteiger partial charge < -0.3 is 10.2 Å². The second kappa shape index (κ2) is 8.62. The van der Waals surface area contributed by atoms with Crippen LogP contribution in [0.1, 0.15) is 58.2 Å². The zero-order chi connectivity index (χ0) is 24.7. The monoisotopic (exact) mass is 475 g/mol. The number of anilines is 2. The van der Waals surface area contributed by atoms with Crippen LogP contribution in [-0.2, 0) is 12.5 Å². The summed E-state index contributed by atoms with van der Waals surface area (Å²) >= 11 is 0. The van der Waals surface area contributed by atoms with Gasteiger partial charge in [-0.05, 0) is 50.1 Å². The number of carbonyl (C=O) groups excluding carboxylic acids is 2. The van der Waals surface area contributed by atoms with E-state index in [-0.39, 0.29) is 22.9 Å². The Kier molecular flexibility index (Phi) is 5.59. The predicted octanol–water partition coefficient (Wildman–Crippen LogP) is 4.95. The molecule has 0 saturated heterocycles. The van der Waals surface area contributed by atoms with E-state index < -0.39 is 23.7 Å². The van der Waals surface area contributed by atoms with Crippen LogP contribution < -0.4 is 10.2 Å². The third kappa shape index (κ3) is 3.95. The second-order valence-corrected chi connectivity index (χ2v) is 9.06. The number of aromatic nitrogens is 2. The summed E-state index contributed by atoms with van der Waals surface area (Å²) in [6.07, 6.45) is 3.21. The van der Waals surface area contributed by atoms with E-state index in [1.807, 2.05) is 13.0 Å². The number of rotatable bonds is 5. The molecular weight excluding hydrogens is 452 g/mol. The molecule has 2 aliphatic rings. The first kappa shape index (κ1) is 22.7. The van der Waals surface area contributed by atoms with Crippen molar-refractivity contribution < 1.29 is 18.4 Å². The van der Waals surface area contributed by atoms with Gasteiger partial charge in [-0.3, -0.25) is 14.3 Å². The van der Waals surface area contributed by atoms with Crippen LogP contribution >= 0.6 is 0 Å². The van der Waals surface area contributed by atoms with Crippen molar-refractivity contribution in [1.29, 1.82) is 5.26 Å². The van der Waals surface area contributed by atoms with E-state index in [2.05, 4.69) is 10.4 Å². The summed E-state index contributed by atoms with van der Waals surface area (Å²) in [5, 5.41) is 16.0. The lowest BCUT2D eigenvalue weighted by Crippen LogP contribution is -2.47. The molecule has 9 heteroatoms. The molecule has 1 saturated carbocycles. The Hall–Kier alpha value is -4.06. The van der Waals surface area contributed by atoms with Crippen molar-refractivity contribution in [2.75, 3.05) is 10.2 Å². The first-order chi connectivity index (χ1) is 16.8. The number of fused-ring (bicyclic) bond motifs is 1. The molecule has 178 valence electrons. The predicted molar refractivity (Wildman–Crippen MR) is 125 cm³/mol. The average Bonchev–Trinajstić information content (AvgIpc) is 3.22. The summed E-state index contributed by atoms with van der Waals surface area (Å²) in [5.41, 5.74) is 1.47. The molecule has 0 unspecified atom stereocenters. The van der Waals surface area contributed by atoms with Gasteiger partial charge in [0.2, 0.25) is 0 Å². The van der Waals surface area contributed by atoms with Crippen LogP contribution in [0.25, 0.3) is 0 Å². The SMILES string of the molecule is C[C@H]1Cn2ncc(C(=O)Nc3cccc(C#N)c3)c2C(=O)N1c1ccc(C(F)(F)C2CCC2)cc1. The molecule has 2 aromatic carbocycles. The third-order valence-electron chi connectivity index (χ3n) is 6.78. The van der Waals surface area contributed by atoms with Gasteiger partial charge in [0.05, 0.1) is 36.0 Å². The molecule has 1 aromatic heterocycles. The van der Waals surface area contributed by atoms with Crippen molar-refractivity contribution >= 4 is 23.2 Å². The van der Waals surface area contributed by atoms with Gasteiger partial charge in [0, 0.05) is 22.9 Å². The number of benzene rings is 2. The number of nitriles is 1. The Bertz CT molecular complexity index is 1340. The highest BCUT2D eigenvalue weighted by Gasteiger charge is 2.44. The van der Waals surface area contributed by atoms with Gasteiger partial charge in [-0.2, -0.15) is 10.4 Å². The molecule has 1 atom stereocenters. The molecule has 0 radical (unpaired) electrons. The first-order valence-electron chi connectivity index (χ1n) is 11.5. The smallest absolute Gasteiger partial charge is 0.277 e. The van der Waals surface area contributed by atoms with Gasteiger partial charge in [-0.25, -0.2) is 8.78 Å². The average molecular weight is 475 g/mol. The van der Waals surface area contributed by atoms with Crippen LogP contribution in [0.3, 0.4) is 0 Å². The lowest BCUT2D eigenvalue weighted by molar-refractivity contribution is -0.0942. The number of nitrogens with zero attached hydrogens (tertiary/aromatic N) is 4. The molecule has 35 heavy (non-hydrogen) atoms. The van der Waals surface area contributed by atoms with Crippen molar-refractivity contribution in [3.63, 3.8) is 0 Å². The molecular formula is C26H23F2N5O2. The van der Waals surface area contributed by atoms with E-state index in [4.69, 9.17) is 5.26 Å². The maximum absolute atomic E-state index is 14.7. The van der Waals surface area contributed by atoms with E-state index in [0.29, 0.717) is 36.3 Å². The third-order valence-corrected chi connectivity index (χ3v) is 6.78. The van der Waals surface area contributed by atoms with Gasteiger partial charge in [0.25, 0.3) is 17.7 Å². The summed E-state index contributed by atoms with van der Waals surface area (Å²) in [6.45, 7) is 2.19. The summed E-state index contributed by atoms with van der Waals surface area (Å²) in [6, 6.07) is 14.0. The zero-order valence-electron chi connectivity index (χ0n) is 19.0. The Labute approximate surface area is 201 Å². The lowest BCUT2D eigenvalue weighted by Gasteiger charge is -2.35. The van der Waals surface area contributed by atoms with Gasteiger partial charge in [0.15, 0.2) is 0 Å². The first-order valence-corrected chi connectivity index (χ1v) is 11.5. The van der Waals surface area contributed by atoms with Crippen LogP contribution in [0.15, 0.2) is 54.7 Å². The van der Waals surface area contributed by atoms with Crippen molar-refractivity contribution in [3.05, 3.63) is 77.1 Å². The van der Waals surface area contributed by atoms with E-state index >= 15 is 0 Å². The normalized spacial score (nSPS) is 17.9. The molecule has 1 fully saturated rings. The van der Waals surface area contributed by atoms with E-state index in [0.717, 1.165) is 6.42 Å². The molecule has 5 rings (SSSR count). The number of halogens is 2. The highest BCUT2D eigenvalue weighted by atomic mass is 19.3. The molecule has 0 spiro atoms. The van der Waals surface area contributed by atoms with Crippen LogP contribution in [0.2, 0.25) is 0 Å². The Balaban J connectivity index is 1.41. The molecule has 7 nitrogen and oxygen atoms in total. The molecule has 1 N–H and O–H groups in total. The van der Waals surface area contributed by atoms with Crippen molar-refractivity contribution in [2.45, 2.75) is 44.7 Å². The van der Waals surface area contributed by atoms with Gasteiger partial charge in [-0.1, -0.05) is 24.6 Å². The van der Waals surface area contributed by atoms with Crippen LogP contribution in [0.4, 0.5) is 20.2 Å². The zero-order valence-corrected chi connectivity index (χ0v) is 19.0. The lowest BCUT2D eigenvalue weighted by atomic mass is 9.78. The topological polar surface area (TPSA) is 91.0 Å². The number of amides is 2.